The number of aromatic amines is 1. The van der Waals surface area contributed by atoms with Crippen molar-refractivity contribution >= 4 is 17.1 Å². The van der Waals surface area contributed by atoms with Crippen molar-refractivity contribution in [1.82, 2.24) is 34.2 Å². The Balaban J connectivity index is 1.45. The second-order valence-electron chi connectivity index (χ2n) is 7.57. The predicted octanol–water partition coefficient (Wildman–Crippen LogP) is 4.00. The maximum absolute atomic E-state index is 13.5. The summed E-state index contributed by atoms with van der Waals surface area (Å²) in [5, 5.41) is 11.2. The van der Waals surface area contributed by atoms with Crippen molar-refractivity contribution in [2.45, 2.75) is 6.42 Å². The van der Waals surface area contributed by atoms with Crippen molar-refractivity contribution in [1.29, 1.82) is 0 Å². The molecule has 0 saturated heterocycles. The van der Waals surface area contributed by atoms with E-state index < -0.39 is 0 Å². The summed E-state index contributed by atoms with van der Waals surface area (Å²) in [6.07, 6.45) is 5.34. The Morgan fingerprint density at radius 3 is 2.67 bits per heavy atom. The molecule has 0 fully saturated rings. The van der Waals surface area contributed by atoms with Gasteiger partial charge in [-0.2, -0.15) is 10.2 Å². The van der Waals surface area contributed by atoms with Crippen molar-refractivity contribution in [2.24, 2.45) is 0 Å². The van der Waals surface area contributed by atoms with Crippen LogP contribution < -0.4 is 0 Å². The van der Waals surface area contributed by atoms with Gasteiger partial charge in [-0.3, -0.25) is 14.3 Å². The molecule has 0 saturated carbocycles. The number of imidazole rings is 2. The Bertz CT molecular complexity index is 1610. The van der Waals surface area contributed by atoms with Crippen molar-refractivity contribution in [3.8, 4) is 22.6 Å². The summed E-state index contributed by atoms with van der Waals surface area (Å²) in [5.74, 6) is -0.407. The maximum atomic E-state index is 13.5. The van der Waals surface area contributed by atoms with Crippen LogP contribution >= 0.6 is 0 Å². The van der Waals surface area contributed by atoms with Crippen LogP contribution in [0.25, 0.3) is 33.9 Å². The number of Topliss-reactive ketones (excluding diaryl/α,β-unsaturated/α-hetero) is 1. The number of nitrogens with one attached hydrogen (secondary N) is 1. The molecule has 5 aromatic heterocycles. The summed E-state index contributed by atoms with van der Waals surface area (Å²) in [5.41, 5.74) is 5.36. The number of hydrogen-bond donors (Lipinski definition) is 1. The molecule has 0 amide bonds. The van der Waals surface area contributed by atoms with E-state index in [0.29, 0.717) is 28.4 Å². The van der Waals surface area contributed by atoms with Crippen LogP contribution in [0.4, 0.5) is 4.39 Å². The van der Waals surface area contributed by atoms with Crippen molar-refractivity contribution in [3.63, 3.8) is 0 Å². The Morgan fingerprint density at radius 1 is 0.970 bits per heavy atom. The van der Waals surface area contributed by atoms with Crippen molar-refractivity contribution in [2.75, 3.05) is 0 Å². The molecule has 6 aromatic rings. The number of benzene rings is 1. The minimum Gasteiger partial charge on any atom is -0.298 e. The van der Waals surface area contributed by atoms with Crippen LogP contribution in [0.3, 0.4) is 0 Å². The number of pyridine rings is 1. The zero-order valence-electron chi connectivity index (χ0n) is 17.2. The molecule has 1 aromatic carbocycles. The highest BCUT2D eigenvalue weighted by Gasteiger charge is 2.18. The number of carbonyl (C=O) groups excluding carboxylic acids is 1. The quantitative estimate of drug-likeness (QED) is 0.412. The number of carbonyl (C=O) groups is 1. The van der Waals surface area contributed by atoms with Gasteiger partial charge in [-0.15, -0.1) is 0 Å². The first-order chi connectivity index (χ1) is 16.2. The average molecular weight is 437 g/mol. The van der Waals surface area contributed by atoms with Gasteiger partial charge in [0.1, 0.15) is 28.5 Å². The topological polar surface area (TPSA) is 93.2 Å². The van der Waals surface area contributed by atoms with E-state index >= 15 is 0 Å². The summed E-state index contributed by atoms with van der Waals surface area (Å²) in [7, 11) is 0. The standard InChI is InChI=1S/C24H16FN7O/c25-16-6-4-15(5-7-16)23-24(31-12-2-1-3-21(31)28-23)19-8-9-22-27-17(14-32(22)30-19)13-20(33)18-10-11-26-29-18/h1-12,14H,13H2,(H,26,29). The van der Waals surface area contributed by atoms with Gasteiger partial charge >= 0.3 is 0 Å². The van der Waals surface area contributed by atoms with Crippen LogP contribution in [0.2, 0.25) is 0 Å². The molecule has 0 spiro atoms. The summed E-state index contributed by atoms with van der Waals surface area (Å²) < 4.78 is 17.1. The van der Waals surface area contributed by atoms with Crippen LogP contribution in [0.5, 0.6) is 0 Å². The van der Waals surface area contributed by atoms with E-state index in [0.717, 1.165) is 16.9 Å². The number of H-pyrrole nitrogens is 1. The normalized spacial score (nSPS) is 11.4. The van der Waals surface area contributed by atoms with Gasteiger partial charge in [0, 0.05) is 18.0 Å². The fourth-order valence-corrected chi connectivity index (χ4v) is 3.86. The molecule has 8 nitrogen and oxygen atoms in total. The average Bonchev–Trinajstić information content (AvgIpc) is 3.57. The van der Waals surface area contributed by atoms with E-state index in [1.807, 2.05) is 40.9 Å². The SMILES string of the molecule is O=C(Cc1cn2nc(-c3c(-c4ccc(F)cc4)nc4ccccn34)ccc2n1)c1ccn[nH]1. The van der Waals surface area contributed by atoms with Gasteiger partial charge in [-0.05, 0) is 54.6 Å². The highest BCUT2D eigenvalue weighted by Crippen LogP contribution is 2.32. The molecule has 0 bridgehead atoms. The maximum Gasteiger partial charge on any atom is 0.186 e. The van der Waals surface area contributed by atoms with E-state index in [1.54, 1.807) is 35.1 Å². The smallest absolute Gasteiger partial charge is 0.186 e. The summed E-state index contributed by atoms with van der Waals surface area (Å²) in [6.45, 7) is 0. The molecule has 6 rings (SSSR count). The fourth-order valence-electron chi connectivity index (χ4n) is 3.86. The third-order valence-corrected chi connectivity index (χ3v) is 5.40. The van der Waals surface area contributed by atoms with Crippen LogP contribution in [0, 0.1) is 5.82 Å². The second kappa shape index (κ2) is 7.49. The summed E-state index contributed by atoms with van der Waals surface area (Å²) in [4.78, 5) is 21.7. The lowest BCUT2D eigenvalue weighted by atomic mass is 10.1. The first kappa shape index (κ1) is 19.1. The zero-order chi connectivity index (χ0) is 22.4. The Kier molecular flexibility index (Phi) is 4.32. The van der Waals surface area contributed by atoms with E-state index in [-0.39, 0.29) is 18.0 Å². The van der Waals surface area contributed by atoms with Crippen LogP contribution in [0.1, 0.15) is 16.2 Å². The lowest BCUT2D eigenvalue weighted by Gasteiger charge is -2.05. The number of halogens is 1. The molecule has 5 heterocycles. The van der Waals surface area contributed by atoms with E-state index in [1.165, 1.54) is 12.1 Å². The minimum absolute atomic E-state index is 0.100. The Hall–Kier alpha value is -4.66. The summed E-state index contributed by atoms with van der Waals surface area (Å²) >= 11 is 0. The molecule has 160 valence electrons. The van der Waals surface area contributed by atoms with Gasteiger partial charge in [0.2, 0.25) is 0 Å². The fraction of sp³-hybridized carbons (Fsp3) is 0.0417. The first-order valence-electron chi connectivity index (χ1n) is 10.3. The van der Waals surface area contributed by atoms with Crippen LogP contribution in [0.15, 0.2) is 79.3 Å². The molecule has 1 N–H and O–H groups in total. The van der Waals surface area contributed by atoms with Gasteiger partial charge in [-0.1, -0.05) is 6.07 Å². The molecular formula is C24H16FN7O. The van der Waals surface area contributed by atoms with Gasteiger partial charge in [0.25, 0.3) is 0 Å². The van der Waals surface area contributed by atoms with Gasteiger partial charge < -0.3 is 0 Å². The Morgan fingerprint density at radius 2 is 1.85 bits per heavy atom. The van der Waals surface area contributed by atoms with E-state index in [4.69, 9.17) is 10.1 Å². The number of fused-ring (bicyclic) bond motifs is 2. The third-order valence-electron chi connectivity index (χ3n) is 5.40. The molecule has 9 heteroatoms. The number of hydrogen-bond acceptors (Lipinski definition) is 5. The number of aromatic nitrogens is 7. The first-order valence-corrected chi connectivity index (χ1v) is 10.3. The lowest BCUT2D eigenvalue weighted by Crippen LogP contribution is -2.04. The van der Waals surface area contributed by atoms with Gasteiger partial charge in [0.05, 0.1) is 24.0 Å². The molecular weight excluding hydrogens is 421 g/mol. The number of rotatable bonds is 5. The highest BCUT2D eigenvalue weighted by atomic mass is 19.1. The minimum atomic E-state index is -0.306. The van der Waals surface area contributed by atoms with Crippen molar-refractivity contribution < 1.29 is 9.18 Å². The number of ketones is 1. The lowest BCUT2D eigenvalue weighted by molar-refractivity contribution is 0.0987. The molecule has 0 aliphatic rings. The van der Waals surface area contributed by atoms with Gasteiger partial charge in [-0.25, -0.2) is 18.9 Å². The molecule has 0 unspecified atom stereocenters. The van der Waals surface area contributed by atoms with Crippen molar-refractivity contribution in [3.05, 3.63) is 96.5 Å². The third kappa shape index (κ3) is 3.35. The monoisotopic (exact) mass is 437 g/mol. The molecule has 0 atom stereocenters. The second-order valence-corrected chi connectivity index (χ2v) is 7.57. The number of nitrogens with zero attached hydrogens (tertiary/aromatic N) is 6. The van der Waals surface area contributed by atoms with E-state index in [9.17, 15) is 9.18 Å². The molecule has 0 radical (unpaired) electrons. The zero-order valence-corrected chi connectivity index (χ0v) is 17.2. The predicted molar refractivity (Wildman–Crippen MR) is 119 cm³/mol. The largest absolute Gasteiger partial charge is 0.298 e. The van der Waals surface area contributed by atoms with Crippen LogP contribution in [-0.2, 0) is 6.42 Å². The highest BCUT2D eigenvalue weighted by molar-refractivity contribution is 5.95. The molecule has 0 aliphatic heterocycles. The van der Waals surface area contributed by atoms with Gasteiger partial charge in [0.15, 0.2) is 11.4 Å². The molecule has 0 aliphatic carbocycles. The van der Waals surface area contributed by atoms with E-state index in [2.05, 4.69) is 15.2 Å². The molecule has 33 heavy (non-hydrogen) atoms. The van der Waals surface area contributed by atoms with Crippen LogP contribution in [-0.4, -0.2) is 40.0 Å². The summed E-state index contributed by atoms with van der Waals surface area (Å²) in [6, 6.07) is 17.3. The Labute approximate surface area is 186 Å².